The van der Waals surface area contributed by atoms with Crippen molar-refractivity contribution in [2.24, 2.45) is 0 Å². The Morgan fingerprint density at radius 3 is 2.62 bits per heavy atom. The summed E-state index contributed by atoms with van der Waals surface area (Å²) in [6.45, 7) is 3.53. The molecular formula is C17H20BrN5O. The Balaban J connectivity index is 1.76. The van der Waals surface area contributed by atoms with Gasteiger partial charge >= 0.3 is 0 Å². The summed E-state index contributed by atoms with van der Waals surface area (Å²) in [7, 11) is 2.09. The predicted molar refractivity (Wildman–Crippen MR) is 97.6 cm³/mol. The van der Waals surface area contributed by atoms with E-state index in [0.717, 1.165) is 38.2 Å². The van der Waals surface area contributed by atoms with Crippen LogP contribution in [0.5, 0.6) is 0 Å². The molecule has 2 heterocycles. The first-order valence-electron chi connectivity index (χ1n) is 7.91. The summed E-state index contributed by atoms with van der Waals surface area (Å²) in [6, 6.07) is 7.48. The molecule has 7 heteroatoms. The average Bonchev–Trinajstić information content (AvgIpc) is 2.81. The highest BCUT2D eigenvalue weighted by molar-refractivity contribution is 9.10. The first-order chi connectivity index (χ1) is 11.5. The van der Waals surface area contributed by atoms with Crippen LogP contribution in [0.1, 0.15) is 16.8 Å². The maximum atomic E-state index is 12.7. The zero-order valence-corrected chi connectivity index (χ0v) is 15.2. The van der Waals surface area contributed by atoms with Gasteiger partial charge < -0.3 is 15.5 Å². The molecule has 0 saturated carbocycles. The van der Waals surface area contributed by atoms with Crippen LogP contribution in [0.3, 0.4) is 0 Å². The highest BCUT2D eigenvalue weighted by Gasteiger charge is 2.18. The quantitative estimate of drug-likeness (QED) is 0.852. The smallest absolute Gasteiger partial charge is 0.253 e. The fourth-order valence-corrected chi connectivity index (χ4v) is 3.02. The standard InChI is InChI=1S/C17H20BrN5O/c1-22-7-2-8-23(10-9-22)17(24)13-5-3-12(4-6-13)14-11-20-16(19)15(18)21-14/h3-6,11H,2,7-10H2,1H3,(H2,19,20). The Morgan fingerprint density at radius 2 is 1.92 bits per heavy atom. The Hall–Kier alpha value is -1.99. The summed E-state index contributed by atoms with van der Waals surface area (Å²) >= 11 is 3.28. The Bertz CT molecular complexity index is 734. The number of aromatic nitrogens is 2. The van der Waals surface area contributed by atoms with Crippen LogP contribution in [0.4, 0.5) is 5.82 Å². The summed E-state index contributed by atoms with van der Waals surface area (Å²) in [6.07, 6.45) is 2.64. The van der Waals surface area contributed by atoms with Gasteiger partial charge in [-0.3, -0.25) is 4.79 Å². The number of benzene rings is 1. The summed E-state index contributed by atoms with van der Waals surface area (Å²) in [5.74, 6) is 0.443. The number of rotatable bonds is 2. The lowest BCUT2D eigenvalue weighted by Gasteiger charge is -2.20. The fraction of sp³-hybridized carbons (Fsp3) is 0.353. The molecule has 1 aromatic heterocycles. The number of likely N-dealkylation sites (N-methyl/N-ethyl adjacent to an activating group) is 1. The molecule has 1 aliphatic rings. The van der Waals surface area contributed by atoms with E-state index in [1.807, 2.05) is 29.2 Å². The minimum absolute atomic E-state index is 0.0846. The van der Waals surface area contributed by atoms with E-state index in [9.17, 15) is 4.79 Å². The van der Waals surface area contributed by atoms with Crippen molar-refractivity contribution in [1.29, 1.82) is 0 Å². The van der Waals surface area contributed by atoms with Gasteiger partial charge in [0, 0.05) is 30.8 Å². The van der Waals surface area contributed by atoms with Gasteiger partial charge in [-0.15, -0.1) is 0 Å². The van der Waals surface area contributed by atoms with Crippen molar-refractivity contribution in [3.05, 3.63) is 40.6 Å². The van der Waals surface area contributed by atoms with Crippen LogP contribution in [0.15, 0.2) is 35.1 Å². The van der Waals surface area contributed by atoms with E-state index in [1.54, 1.807) is 6.20 Å². The van der Waals surface area contributed by atoms with Gasteiger partial charge in [0.05, 0.1) is 11.9 Å². The number of nitrogens with zero attached hydrogens (tertiary/aromatic N) is 4. The first-order valence-corrected chi connectivity index (χ1v) is 8.70. The number of anilines is 1. The minimum atomic E-state index is 0.0846. The summed E-state index contributed by atoms with van der Waals surface area (Å²) in [5.41, 5.74) is 7.97. The topological polar surface area (TPSA) is 75.3 Å². The molecule has 0 atom stereocenters. The molecule has 1 aliphatic heterocycles. The molecule has 0 bridgehead atoms. The van der Waals surface area contributed by atoms with Gasteiger partial charge in [0.25, 0.3) is 5.91 Å². The van der Waals surface area contributed by atoms with Gasteiger partial charge in [-0.05, 0) is 48.1 Å². The number of carbonyl (C=O) groups excluding carboxylic acids is 1. The monoisotopic (exact) mass is 389 g/mol. The van der Waals surface area contributed by atoms with Crippen LogP contribution in [0.2, 0.25) is 0 Å². The van der Waals surface area contributed by atoms with Crippen LogP contribution < -0.4 is 5.73 Å². The molecule has 3 rings (SSSR count). The fourth-order valence-electron chi connectivity index (χ4n) is 2.73. The maximum Gasteiger partial charge on any atom is 0.253 e. The Labute approximate surface area is 149 Å². The van der Waals surface area contributed by atoms with Gasteiger partial charge in [-0.1, -0.05) is 12.1 Å². The predicted octanol–water partition coefficient (Wildman–Crippen LogP) is 2.27. The van der Waals surface area contributed by atoms with E-state index in [0.29, 0.717) is 21.7 Å². The third-order valence-corrected chi connectivity index (χ3v) is 4.77. The lowest BCUT2D eigenvalue weighted by molar-refractivity contribution is 0.0763. The summed E-state index contributed by atoms with van der Waals surface area (Å²) < 4.78 is 0.522. The highest BCUT2D eigenvalue weighted by atomic mass is 79.9. The Morgan fingerprint density at radius 1 is 1.17 bits per heavy atom. The average molecular weight is 390 g/mol. The summed E-state index contributed by atoms with van der Waals surface area (Å²) in [4.78, 5) is 25.3. The molecular weight excluding hydrogens is 370 g/mol. The van der Waals surface area contributed by atoms with Gasteiger partial charge in [-0.2, -0.15) is 0 Å². The van der Waals surface area contributed by atoms with E-state index in [1.165, 1.54) is 0 Å². The SMILES string of the molecule is CN1CCCN(C(=O)c2ccc(-c3cnc(N)c(Br)n3)cc2)CC1. The molecule has 24 heavy (non-hydrogen) atoms. The van der Waals surface area contributed by atoms with Crippen molar-refractivity contribution >= 4 is 27.7 Å². The molecule has 0 aliphatic carbocycles. The molecule has 0 unspecified atom stereocenters. The minimum Gasteiger partial charge on any atom is -0.381 e. The van der Waals surface area contributed by atoms with E-state index in [-0.39, 0.29) is 5.91 Å². The summed E-state index contributed by atoms with van der Waals surface area (Å²) in [5, 5.41) is 0. The molecule has 1 saturated heterocycles. The molecule has 126 valence electrons. The van der Waals surface area contributed by atoms with E-state index in [2.05, 4.69) is 37.8 Å². The zero-order valence-electron chi connectivity index (χ0n) is 13.6. The van der Waals surface area contributed by atoms with Gasteiger partial charge in [0.15, 0.2) is 5.82 Å². The third-order valence-electron chi connectivity index (χ3n) is 4.19. The lowest BCUT2D eigenvalue weighted by atomic mass is 10.1. The number of amides is 1. The number of halogens is 1. The van der Waals surface area contributed by atoms with Crippen LogP contribution in [-0.4, -0.2) is 58.9 Å². The lowest BCUT2D eigenvalue weighted by Crippen LogP contribution is -2.34. The number of carbonyl (C=O) groups is 1. The Kier molecular flexibility index (Phi) is 5.11. The number of hydrogen-bond donors (Lipinski definition) is 1. The maximum absolute atomic E-state index is 12.7. The molecule has 0 radical (unpaired) electrons. The molecule has 1 fully saturated rings. The van der Waals surface area contributed by atoms with E-state index in [4.69, 9.17) is 5.73 Å². The second kappa shape index (κ2) is 7.27. The van der Waals surface area contributed by atoms with Crippen LogP contribution >= 0.6 is 15.9 Å². The second-order valence-corrected chi connectivity index (χ2v) is 6.71. The van der Waals surface area contributed by atoms with Crippen molar-refractivity contribution in [3.63, 3.8) is 0 Å². The number of hydrogen-bond acceptors (Lipinski definition) is 5. The molecule has 2 aromatic rings. The molecule has 6 nitrogen and oxygen atoms in total. The molecule has 0 spiro atoms. The first kappa shape index (κ1) is 16.9. The number of nitrogen functional groups attached to an aromatic ring is 1. The zero-order chi connectivity index (χ0) is 17.1. The van der Waals surface area contributed by atoms with Crippen molar-refractivity contribution in [3.8, 4) is 11.3 Å². The second-order valence-electron chi connectivity index (χ2n) is 5.96. The van der Waals surface area contributed by atoms with Crippen molar-refractivity contribution in [2.45, 2.75) is 6.42 Å². The normalized spacial score (nSPS) is 16.0. The molecule has 2 N–H and O–H groups in total. The van der Waals surface area contributed by atoms with Crippen molar-refractivity contribution in [1.82, 2.24) is 19.8 Å². The highest BCUT2D eigenvalue weighted by Crippen LogP contribution is 2.22. The van der Waals surface area contributed by atoms with Crippen molar-refractivity contribution < 1.29 is 4.79 Å². The number of nitrogens with two attached hydrogens (primary N) is 1. The van der Waals surface area contributed by atoms with Gasteiger partial charge in [0.1, 0.15) is 4.60 Å². The van der Waals surface area contributed by atoms with Gasteiger partial charge in [-0.25, -0.2) is 9.97 Å². The van der Waals surface area contributed by atoms with E-state index < -0.39 is 0 Å². The van der Waals surface area contributed by atoms with Gasteiger partial charge in [0.2, 0.25) is 0 Å². The van der Waals surface area contributed by atoms with E-state index >= 15 is 0 Å². The van der Waals surface area contributed by atoms with Crippen molar-refractivity contribution in [2.75, 3.05) is 39.0 Å². The third kappa shape index (κ3) is 3.73. The van der Waals surface area contributed by atoms with Crippen LogP contribution in [0, 0.1) is 0 Å². The van der Waals surface area contributed by atoms with Crippen LogP contribution in [-0.2, 0) is 0 Å². The molecule has 1 amide bonds. The molecule has 1 aromatic carbocycles. The van der Waals surface area contributed by atoms with Crippen LogP contribution in [0.25, 0.3) is 11.3 Å². The largest absolute Gasteiger partial charge is 0.381 e.